The molecule has 10 heteroatoms. The van der Waals surface area contributed by atoms with Gasteiger partial charge in [0.05, 0.1) is 30.4 Å². The number of hydrogen-bond donors (Lipinski definition) is 0. The third kappa shape index (κ3) is 3.16. The predicted molar refractivity (Wildman–Crippen MR) is 120 cm³/mol. The van der Waals surface area contributed by atoms with Crippen molar-refractivity contribution in [3.05, 3.63) is 58.9 Å². The molecule has 170 valence electrons. The molecule has 2 aliphatic rings. The normalized spacial score (nSPS) is 22.5. The van der Waals surface area contributed by atoms with Crippen LogP contribution < -0.4 is 5.56 Å². The lowest BCUT2D eigenvalue weighted by Crippen LogP contribution is -2.47. The van der Waals surface area contributed by atoms with Gasteiger partial charge in [-0.25, -0.2) is 4.98 Å². The van der Waals surface area contributed by atoms with Crippen molar-refractivity contribution >= 4 is 22.6 Å². The average molecular weight is 447 g/mol. The fourth-order valence-electron chi connectivity index (χ4n) is 5.55. The molecule has 0 radical (unpaired) electrons. The molecular weight excluding hydrogens is 422 g/mol. The maximum Gasteiger partial charge on any atom is 0.271 e. The summed E-state index contributed by atoms with van der Waals surface area (Å²) in [5, 5.41) is 9.08. The number of piperidine rings is 1. The van der Waals surface area contributed by atoms with E-state index in [1.165, 1.54) is 4.40 Å². The van der Waals surface area contributed by atoms with Gasteiger partial charge in [-0.15, -0.1) is 0 Å². The van der Waals surface area contributed by atoms with E-state index in [-0.39, 0.29) is 29.6 Å². The van der Waals surface area contributed by atoms with Crippen molar-refractivity contribution in [1.29, 1.82) is 0 Å². The maximum atomic E-state index is 13.9. The Hall–Kier alpha value is -3.53. The van der Waals surface area contributed by atoms with Gasteiger partial charge in [0.2, 0.25) is 0 Å². The van der Waals surface area contributed by atoms with E-state index in [0.29, 0.717) is 35.5 Å². The summed E-state index contributed by atoms with van der Waals surface area (Å²) in [6.45, 7) is 0.860. The van der Waals surface area contributed by atoms with E-state index in [4.69, 9.17) is 9.72 Å². The number of carbonyl (C=O) groups is 1. The molecule has 1 amide bonds. The largest absolute Gasteiger partial charge is 0.383 e. The Kier molecular flexibility index (Phi) is 4.75. The smallest absolute Gasteiger partial charge is 0.271 e. The maximum absolute atomic E-state index is 13.9. The van der Waals surface area contributed by atoms with E-state index in [9.17, 15) is 9.59 Å². The van der Waals surface area contributed by atoms with Crippen LogP contribution in [0.4, 0.5) is 0 Å². The Morgan fingerprint density at radius 2 is 1.88 bits per heavy atom. The lowest BCUT2D eigenvalue weighted by molar-refractivity contribution is 0.0500. The Morgan fingerprint density at radius 1 is 1.12 bits per heavy atom. The number of methoxy groups -OCH3 is 1. The van der Waals surface area contributed by atoms with Gasteiger partial charge in [0.1, 0.15) is 17.0 Å². The molecule has 6 heterocycles. The standard InChI is InChI=1S/C23H25N7O3/c1-33-11-10-27-19(14-18-21(27)26-20-4-2-3-9-28(20)22(18)31)23(32)29-15-5-6-16(29)13-17(12-15)30-24-7-8-25-30/h2-4,7-9,14-17H,5-6,10-13H2,1H3. The minimum absolute atomic E-state index is 0.0445. The van der Waals surface area contributed by atoms with Gasteiger partial charge in [-0.2, -0.15) is 15.0 Å². The Labute approximate surface area is 189 Å². The quantitative estimate of drug-likeness (QED) is 0.463. The number of pyridine rings is 1. The zero-order chi connectivity index (χ0) is 22.5. The highest BCUT2D eigenvalue weighted by Crippen LogP contribution is 2.41. The SMILES string of the molecule is COCCn1c(C(=O)N2C3CCC2CC(n2nccn2)C3)cc2c(=O)n3ccccc3nc21. The van der Waals surface area contributed by atoms with E-state index in [1.807, 2.05) is 15.5 Å². The van der Waals surface area contributed by atoms with Gasteiger partial charge in [0.25, 0.3) is 11.5 Å². The number of rotatable bonds is 5. The van der Waals surface area contributed by atoms with Crippen LogP contribution in [0.15, 0.2) is 47.7 Å². The highest BCUT2D eigenvalue weighted by atomic mass is 16.5. The monoisotopic (exact) mass is 447 g/mol. The first-order chi connectivity index (χ1) is 16.2. The summed E-state index contributed by atoms with van der Waals surface area (Å²) in [5.74, 6) is -0.0445. The summed E-state index contributed by atoms with van der Waals surface area (Å²) in [4.78, 5) is 35.6. The molecule has 2 aliphatic heterocycles. The fourth-order valence-corrected chi connectivity index (χ4v) is 5.55. The van der Waals surface area contributed by atoms with Gasteiger partial charge in [-0.3, -0.25) is 14.0 Å². The number of amides is 1. The Bertz CT molecular complexity index is 1380. The molecule has 4 aromatic rings. The second-order valence-electron chi connectivity index (χ2n) is 8.83. The van der Waals surface area contributed by atoms with Crippen LogP contribution in [-0.4, -0.2) is 65.6 Å². The first kappa shape index (κ1) is 20.1. The van der Waals surface area contributed by atoms with Crippen LogP contribution in [0.3, 0.4) is 0 Å². The van der Waals surface area contributed by atoms with Crippen LogP contribution in [0.25, 0.3) is 16.7 Å². The van der Waals surface area contributed by atoms with E-state index < -0.39 is 0 Å². The first-order valence-corrected chi connectivity index (χ1v) is 11.3. The van der Waals surface area contributed by atoms with Gasteiger partial charge in [-0.1, -0.05) is 6.07 Å². The van der Waals surface area contributed by atoms with Crippen molar-refractivity contribution in [3.8, 4) is 0 Å². The van der Waals surface area contributed by atoms with Crippen molar-refractivity contribution in [1.82, 2.24) is 33.8 Å². The van der Waals surface area contributed by atoms with Crippen molar-refractivity contribution in [3.63, 3.8) is 0 Å². The van der Waals surface area contributed by atoms with Crippen LogP contribution >= 0.6 is 0 Å². The molecule has 0 saturated carbocycles. The molecular formula is C23H25N7O3. The fraction of sp³-hybridized carbons (Fsp3) is 0.435. The molecule has 10 nitrogen and oxygen atoms in total. The third-order valence-corrected chi connectivity index (χ3v) is 7.02. The van der Waals surface area contributed by atoms with Crippen LogP contribution in [0.2, 0.25) is 0 Å². The molecule has 0 aromatic carbocycles. The van der Waals surface area contributed by atoms with E-state index >= 15 is 0 Å². The van der Waals surface area contributed by atoms with Crippen LogP contribution in [0.5, 0.6) is 0 Å². The number of aromatic nitrogens is 6. The number of hydrogen-bond acceptors (Lipinski definition) is 6. The molecule has 0 spiro atoms. The topological polar surface area (TPSA) is 99.5 Å². The van der Waals surface area contributed by atoms with Crippen LogP contribution in [0, 0.1) is 0 Å². The lowest BCUT2D eigenvalue weighted by atomic mass is 9.97. The number of nitrogens with zero attached hydrogens (tertiary/aromatic N) is 7. The molecule has 33 heavy (non-hydrogen) atoms. The van der Waals surface area contributed by atoms with E-state index in [1.54, 1.807) is 48.7 Å². The first-order valence-electron chi connectivity index (χ1n) is 11.3. The van der Waals surface area contributed by atoms with Gasteiger partial charge in [0, 0.05) is 31.9 Å². The predicted octanol–water partition coefficient (Wildman–Crippen LogP) is 1.90. The van der Waals surface area contributed by atoms with Crippen molar-refractivity contribution in [2.75, 3.05) is 13.7 Å². The number of ether oxygens (including phenoxy) is 1. The summed E-state index contributed by atoms with van der Waals surface area (Å²) in [7, 11) is 1.62. The van der Waals surface area contributed by atoms with Gasteiger partial charge in [-0.05, 0) is 43.9 Å². The molecule has 4 aromatic heterocycles. The van der Waals surface area contributed by atoms with Crippen LogP contribution in [-0.2, 0) is 11.3 Å². The summed E-state index contributed by atoms with van der Waals surface area (Å²) >= 11 is 0. The average Bonchev–Trinajstić information content (AvgIpc) is 3.55. The Balaban J connectivity index is 1.42. The van der Waals surface area contributed by atoms with Crippen molar-refractivity contribution < 1.29 is 9.53 Å². The molecule has 6 rings (SSSR count). The minimum atomic E-state index is -0.174. The van der Waals surface area contributed by atoms with E-state index in [0.717, 1.165) is 25.7 Å². The molecule has 2 atom stereocenters. The zero-order valence-corrected chi connectivity index (χ0v) is 18.4. The molecule has 2 bridgehead atoms. The minimum Gasteiger partial charge on any atom is -0.383 e. The molecule has 2 saturated heterocycles. The number of carbonyl (C=O) groups excluding carboxylic acids is 1. The highest BCUT2D eigenvalue weighted by molar-refractivity contribution is 5.98. The van der Waals surface area contributed by atoms with Crippen molar-refractivity contribution in [2.45, 2.75) is 50.4 Å². The Morgan fingerprint density at radius 3 is 2.61 bits per heavy atom. The lowest BCUT2D eigenvalue weighted by Gasteiger charge is -2.38. The van der Waals surface area contributed by atoms with Gasteiger partial charge < -0.3 is 14.2 Å². The summed E-state index contributed by atoms with van der Waals surface area (Å²) in [6.07, 6.45) is 8.70. The molecule has 2 fully saturated rings. The third-order valence-electron chi connectivity index (χ3n) is 7.02. The zero-order valence-electron chi connectivity index (χ0n) is 18.4. The molecule has 2 unspecified atom stereocenters. The molecule has 0 aliphatic carbocycles. The highest BCUT2D eigenvalue weighted by Gasteiger charge is 2.45. The summed E-state index contributed by atoms with van der Waals surface area (Å²) in [6, 6.07) is 7.62. The van der Waals surface area contributed by atoms with Gasteiger partial charge in [0.15, 0.2) is 0 Å². The van der Waals surface area contributed by atoms with Crippen LogP contribution in [0.1, 0.15) is 42.2 Å². The molecule has 0 N–H and O–H groups in total. The van der Waals surface area contributed by atoms with E-state index in [2.05, 4.69) is 10.2 Å². The van der Waals surface area contributed by atoms with Crippen molar-refractivity contribution in [2.24, 2.45) is 0 Å². The number of fused-ring (bicyclic) bond motifs is 4. The summed E-state index contributed by atoms with van der Waals surface area (Å²) in [5.41, 5.74) is 1.40. The summed E-state index contributed by atoms with van der Waals surface area (Å²) < 4.78 is 8.66. The second kappa shape index (κ2) is 7.80. The second-order valence-corrected chi connectivity index (χ2v) is 8.83. The van der Waals surface area contributed by atoms with Gasteiger partial charge >= 0.3 is 0 Å².